The van der Waals surface area contributed by atoms with Crippen molar-refractivity contribution >= 4 is 11.5 Å². The minimum Gasteiger partial charge on any atom is -0.366 e. The number of nitro groups is 1. The highest BCUT2D eigenvalue weighted by Gasteiger charge is 2.24. The molecule has 0 aliphatic carbocycles. The van der Waals surface area contributed by atoms with E-state index < -0.39 is 4.92 Å². The van der Waals surface area contributed by atoms with Gasteiger partial charge >= 0.3 is 0 Å². The summed E-state index contributed by atoms with van der Waals surface area (Å²) >= 11 is 0. The number of aromatic nitrogens is 2. The second-order valence-electron chi connectivity index (χ2n) is 6.74. The maximum atomic E-state index is 11.0. The number of non-ortho nitro benzene ring substituents is 1. The number of anilines is 1. The maximum absolute atomic E-state index is 11.0. The number of nitro benzene ring substituents is 1. The topological polar surface area (TPSA) is 84.2 Å². The molecule has 1 aromatic carbocycles. The Bertz CT molecular complexity index is 778. The van der Waals surface area contributed by atoms with Crippen molar-refractivity contribution in [1.82, 2.24) is 14.9 Å². The normalized spacial score (nSPS) is 17.8. The highest BCUT2D eigenvalue weighted by Crippen LogP contribution is 2.23. The molecule has 0 spiro atoms. The van der Waals surface area contributed by atoms with Crippen LogP contribution in [0.15, 0.2) is 30.3 Å². The van der Waals surface area contributed by atoms with Gasteiger partial charge in [0.15, 0.2) is 5.82 Å². The summed E-state index contributed by atoms with van der Waals surface area (Å²) in [6.45, 7) is 8.39. The van der Waals surface area contributed by atoms with Crippen LogP contribution in [0.3, 0.4) is 0 Å². The second-order valence-corrected chi connectivity index (χ2v) is 6.74. The number of benzene rings is 1. The Morgan fingerprint density at radius 3 is 2.80 bits per heavy atom. The highest BCUT2D eigenvalue weighted by molar-refractivity contribution is 5.61. The summed E-state index contributed by atoms with van der Waals surface area (Å²) in [6.07, 6.45) is 1.08. The van der Waals surface area contributed by atoms with E-state index in [1.165, 1.54) is 12.1 Å². The van der Waals surface area contributed by atoms with Crippen LogP contribution in [-0.2, 0) is 0 Å². The molecule has 0 unspecified atom stereocenters. The average molecular weight is 341 g/mol. The molecule has 0 radical (unpaired) electrons. The van der Waals surface area contributed by atoms with Gasteiger partial charge < -0.3 is 5.32 Å². The Hall–Kier alpha value is -2.54. The average Bonchev–Trinajstić information content (AvgIpc) is 3.03. The predicted molar refractivity (Wildman–Crippen MR) is 97.6 cm³/mol. The smallest absolute Gasteiger partial charge is 0.270 e. The minimum atomic E-state index is -0.405. The van der Waals surface area contributed by atoms with Gasteiger partial charge in [-0.3, -0.25) is 15.0 Å². The molecule has 0 saturated carbocycles. The molecule has 132 valence electrons. The zero-order valence-corrected chi connectivity index (χ0v) is 14.8. The first kappa shape index (κ1) is 17.3. The first-order valence-corrected chi connectivity index (χ1v) is 8.53. The molecule has 25 heavy (non-hydrogen) atoms. The number of nitrogens with one attached hydrogen (secondary N) is 1. The molecular formula is C18H23N5O2. The standard InChI is InChI=1S/C18H23N5O2/c1-12(2)22-8-7-15(11-22)20-17-9-13(3)19-18(21-17)14-5-4-6-16(10-14)23(24)25/h4-6,9-10,12,15H,7-8,11H2,1-3H3,(H,19,20,21)/t15-/m0/s1. The third-order valence-electron chi connectivity index (χ3n) is 4.47. The Labute approximate surface area is 147 Å². The Kier molecular flexibility index (Phi) is 4.94. The summed E-state index contributed by atoms with van der Waals surface area (Å²) in [5.74, 6) is 1.27. The second kappa shape index (κ2) is 7.14. The van der Waals surface area contributed by atoms with Gasteiger partial charge in [0.2, 0.25) is 0 Å². The number of nitrogens with zero attached hydrogens (tertiary/aromatic N) is 4. The maximum Gasteiger partial charge on any atom is 0.270 e. The molecule has 2 aromatic rings. The van der Waals surface area contributed by atoms with Crippen molar-refractivity contribution in [3.8, 4) is 11.4 Å². The summed E-state index contributed by atoms with van der Waals surface area (Å²) in [5, 5.41) is 14.5. The highest BCUT2D eigenvalue weighted by atomic mass is 16.6. The summed E-state index contributed by atoms with van der Waals surface area (Å²) < 4.78 is 0. The molecule has 0 bridgehead atoms. The lowest BCUT2D eigenvalue weighted by molar-refractivity contribution is -0.384. The van der Waals surface area contributed by atoms with Gasteiger partial charge in [0, 0.05) is 54.6 Å². The summed E-state index contributed by atoms with van der Waals surface area (Å²) in [4.78, 5) is 22.0. The zero-order chi connectivity index (χ0) is 18.0. The van der Waals surface area contributed by atoms with Crippen LogP contribution >= 0.6 is 0 Å². The molecular weight excluding hydrogens is 318 g/mol. The number of hydrogen-bond acceptors (Lipinski definition) is 6. The number of rotatable bonds is 5. The third-order valence-corrected chi connectivity index (χ3v) is 4.47. The van der Waals surface area contributed by atoms with Crippen molar-refractivity contribution in [3.05, 3.63) is 46.1 Å². The van der Waals surface area contributed by atoms with Crippen molar-refractivity contribution in [2.45, 2.75) is 39.3 Å². The predicted octanol–water partition coefficient (Wildman–Crippen LogP) is 3.25. The summed E-state index contributed by atoms with van der Waals surface area (Å²) in [7, 11) is 0. The molecule has 1 atom stereocenters. The molecule has 7 heteroatoms. The third kappa shape index (κ3) is 4.11. The van der Waals surface area contributed by atoms with Crippen molar-refractivity contribution in [1.29, 1.82) is 0 Å². The van der Waals surface area contributed by atoms with E-state index in [9.17, 15) is 10.1 Å². The van der Waals surface area contributed by atoms with Crippen LogP contribution in [0, 0.1) is 17.0 Å². The largest absolute Gasteiger partial charge is 0.366 e. The van der Waals surface area contributed by atoms with Crippen LogP contribution < -0.4 is 5.32 Å². The van der Waals surface area contributed by atoms with Crippen LogP contribution in [0.5, 0.6) is 0 Å². The minimum absolute atomic E-state index is 0.0421. The van der Waals surface area contributed by atoms with Crippen LogP contribution in [0.25, 0.3) is 11.4 Å². The molecule has 7 nitrogen and oxygen atoms in total. The van der Waals surface area contributed by atoms with E-state index in [0.717, 1.165) is 31.0 Å². The monoisotopic (exact) mass is 341 g/mol. The van der Waals surface area contributed by atoms with Gasteiger partial charge in [-0.05, 0) is 27.2 Å². The molecule has 1 aromatic heterocycles. The van der Waals surface area contributed by atoms with E-state index in [2.05, 4.69) is 34.0 Å². The van der Waals surface area contributed by atoms with Gasteiger partial charge in [-0.2, -0.15) is 0 Å². The van der Waals surface area contributed by atoms with E-state index in [4.69, 9.17) is 0 Å². The Morgan fingerprint density at radius 1 is 1.32 bits per heavy atom. The first-order chi connectivity index (χ1) is 11.9. The van der Waals surface area contributed by atoms with Crippen molar-refractivity contribution in [2.75, 3.05) is 18.4 Å². The van der Waals surface area contributed by atoms with Crippen LogP contribution in [0.1, 0.15) is 26.0 Å². The molecule has 2 heterocycles. The summed E-state index contributed by atoms with van der Waals surface area (Å²) in [6, 6.07) is 9.24. The van der Waals surface area contributed by atoms with E-state index in [0.29, 0.717) is 23.5 Å². The molecule has 1 aliphatic heterocycles. The fraction of sp³-hybridized carbons (Fsp3) is 0.444. The SMILES string of the molecule is Cc1cc(N[C@H]2CCN(C(C)C)C2)nc(-c2cccc([N+](=O)[O-])c2)n1. The fourth-order valence-electron chi connectivity index (χ4n) is 3.11. The number of hydrogen-bond donors (Lipinski definition) is 1. The lowest BCUT2D eigenvalue weighted by Crippen LogP contribution is -2.31. The molecule has 1 saturated heterocycles. The van der Waals surface area contributed by atoms with Gasteiger partial charge in [-0.15, -0.1) is 0 Å². The van der Waals surface area contributed by atoms with Crippen molar-refractivity contribution < 1.29 is 4.92 Å². The number of aryl methyl sites for hydroxylation is 1. The molecule has 3 rings (SSSR count). The van der Waals surface area contributed by atoms with E-state index in [1.54, 1.807) is 12.1 Å². The van der Waals surface area contributed by atoms with E-state index >= 15 is 0 Å². The zero-order valence-electron chi connectivity index (χ0n) is 14.8. The van der Waals surface area contributed by atoms with Crippen LogP contribution in [0.4, 0.5) is 11.5 Å². The first-order valence-electron chi connectivity index (χ1n) is 8.53. The van der Waals surface area contributed by atoms with Gasteiger partial charge in [0.05, 0.1) is 4.92 Å². The molecule has 1 fully saturated rings. The molecule has 1 N–H and O–H groups in total. The number of likely N-dealkylation sites (tertiary alicyclic amines) is 1. The van der Waals surface area contributed by atoms with Crippen LogP contribution in [-0.4, -0.2) is 45.0 Å². The summed E-state index contributed by atoms with van der Waals surface area (Å²) in [5.41, 5.74) is 1.52. The fourth-order valence-corrected chi connectivity index (χ4v) is 3.11. The van der Waals surface area contributed by atoms with Gasteiger partial charge in [-0.25, -0.2) is 9.97 Å². The Balaban J connectivity index is 1.82. The lowest BCUT2D eigenvalue weighted by Gasteiger charge is -2.20. The molecule has 0 amide bonds. The van der Waals surface area contributed by atoms with Gasteiger partial charge in [0.25, 0.3) is 5.69 Å². The van der Waals surface area contributed by atoms with Crippen molar-refractivity contribution in [3.63, 3.8) is 0 Å². The molecule has 1 aliphatic rings. The van der Waals surface area contributed by atoms with Crippen LogP contribution in [0.2, 0.25) is 0 Å². The lowest BCUT2D eigenvalue weighted by atomic mass is 10.2. The van der Waals surface area contributed by atoms with Crippen molar-refractivity contribution in [2.24, 2.45) is 0 Å². The van der Waals surface area contributed by atoms with E-state index in [1.807, 2.05) is 13.0 Å². The van der Waals surface area contributed by atoms with Gasteiger partial charge in [0.1, 0.15) is 5.82 Å². The Morgan fingerprint density at radius 2 is 2.12 bits per heavy atom. The van der Waals surface area contributed by atoms with E-state index in [-0.39, 0.29) is 5.69 Å². The quantitative estimate of drug-likeness (QED) is 0.664. The van der Waals surface area contributed by atoms with Gasteiger partial charge in [-0.1, -0.05) is 12.1 Å².